The van der Waals surface area contributed by atoms with Gasteiger partial charge >= 0.3 is 0 Å². The molecule has 2 unspecified atom stereocenters. The number of halogens is 3. The predicted octanol–water partition coefficient (Wildman–Crippen LogP) is 6.21. The van der Waals surface area contributed by atoms with Crippen molar-refractivity contribution in [2.24, 2.45) is 5.92 Å². The minimum Gasteiger partial charge on any atom is -0.292 e. The Bertz CT molecular complexity index is 314. The Morgan fingerprint density at radius 2 is 1.50 bits per heavy atom. The second-order valence-electron chi connectivity index (χ2n) is 7.10. The summed E-state index contributed by atoms with van der Waals surface area (Å²) in [6.07, 6.45) is 11.4. The molecule has 2 aliphatic rings. The molecule has 0 N–H and O–H groups in total. The Hall–Kier alpha value is 0.300. The first kappa shape index (κ1) is 20.3. The molecule has 0 aliphatic heterocycles. The molecule has 0 amide bonds. The van der Waals surface area contributed by atoms with Crippen LogP contribution in [0.25, 0.3) is 0 Å². The van der Waals surface area contributed by atoms with Crippen molar-refractivity contribution in [3.63, 3.8) is 0 Å². The van der Waals surface area contributed by atoms with E-state index in [-0.39, 0.29) is 22.9 Å². The van der Waals surface area contributed by atoms with Crippen molar-refractivity contribution in [1.29, 1.82) is 0 Å². The molecule has 2 aliphatic carbocycles. The molecule has 2 rings (SSSR count). The fourth-order valence-corrected chi connectivity index (χ4v) is 4.40. The molecule has 132 valence electrons. The van der Waals surface area contributed by atoms with Crippen LogP contribution in [-0.2, 0) is 0 Å². The SMILES string of the molecule is Br.CCCCCN(CCCCC)C12CCCCCC1C2(F)F. The third kappa shape index (κ3) is 3.85. The second kappa shape index (κ2) is 8.96. The van der Waals surface area contributed by atoms with E-state index in [0.717, 1.165) is 83.7 Å². The molecule has 0 aromatic heterocycles. The maximum Gasteiger partial charge on any atom is 0.271 e. The average Bonchev–Trinajstić information content (AvgIpc) is 3.03. The van der Waals surface area contributed by atoms with Crippen LogP contribution in [0.3, 0.4) is 0 Å². The maximum atomic E-state index is 14.6. The molecule has 2 saturated carbocycles. The number of unbranched alkanes of at least 4 members (excludes halogenated alkanes) is 4. The highest BCUT2D eigenvalue weighted by atomic mass is 79.9. The lowest BCUT2D eigenvalue weighted by Crippen LogP contribution is -2.43. The third-order valence-corrected chi connectivity index (χ3v) is 5.69. The van der Waals surface area contributed by atoms with Gasteiger partial charge in [0.1, 0.15) is 0 Å². The van der Waals surface area contributed by atoms with E-state index in [0.29, 0.717) is 0 Å². The molecule has 2 fully saturated rings. The van der Waals surface area contributed by atoms with Gasteiger partial charge in [0.2, 0.25) is 0 Å². The van der Waals surface area contributed by atoms with E-state index < -0.39 is 11.5 Å². The average molecular weight is 382 g/mol. The molecule has 2 atom stereocenters. The van der Waals surface area contributed by atoms with Crippen LogP contribution in [0.4, 0.5) is 8.78 Å². The molecule has 4 heteroatoms. The number of nitrogens with zero attached hydrogens (tertiary/aromatic N) is 1. The fourth-order valence-electron chi connectivity index (χ4n) is 4.40. The molecular weight excluding hydrogens is 348 g/mol. The Morgan fingerprint density at radius 1 is 0.909 bits per heavy atom. The first-order valence-corrected chi connectivity index (χ1v) is 9.24. The van der Waals surface area contributed by atoms with Crippen LogP contribution in [0.15, 0.2) is 0 Å². The van der Waals surface area contributed by atoms with Crippen LogP contribution < -0.4 is 0 Å². The van der Waals surface area contributed by atoms with Crippen LogP contribution in [0.5, 0.6) is 0 Å². The van der Waals surface area contributed by atoms with E-state index in [1.807, 2.05) is 0 Å². The minimum absolute atomic E-state index is 0. The van der Waals surface area contributed by atoms with E-state index in [2.05, 4.69) is 18.7 Å². The molecule has 0 heterocycles. The molecule has 22 heavy (non-hydrogen) atoms. The van der Waals surface area contributed by atoms with E-state index in [9.17, 15) is 8.78 Å². The summed E-state index contributed by atoms with van der Waals surface area (Å²) in [6.45, 7) is 6.12. The van der Waals surface area contributed by atoms with Crippen molar-refractivity contribution >= 4 is 17.0 Å². The first-order valence-electron chi connectivity index (χ1n) is 9.24. The summed E-state index contributed by atoms with van der Waals surface area (Å²) in [5.41, 5.74) is -0.759. The summed E-state index contributed by atoms with van der Waals surface area (Å²) in [5.74, 6) is -2.78. The second-order valence-corrected chi connectivity index (χ2v) is 7.10. The number of rotatable bonds is 9. The normalized spacial score (nSPS) is 29.6. The van der Waals surface area contributed by atoms with Crippen LogP contribution in [-0.4, -0.2) is 29.5 Å². The van der Waals surface area contributed by atoms with Gasteiger partial charge in [-0.2, -0.15) is 0 Å². The van der Waals surface area contributed by atoms with Crippen molar-refractivity contribution in [3.05, 3.63) is 0 Å². The highest BCUT2D eigenvalue weighted by Crippen LogP contribution is 2.67. The smallest absolute Gasteiger partial charge is 0.271 e. The van der Waals surface area contributed by atoms with Gasteiger partial charge < -0.3 is 0 Å². The number of fused-ring (bicyclic) bond motifs is 1. The Balaban J connectivity index is 0.00000242. The molecule has 0 spiro atoms. The maximum absolute atomic E-state index is 14.6. The number of hydrogen-bond donors (Lipinski definition) is 0. The predicted molar refractivity (Wildman–Crippen MR) is 95.2 cm³/mol. The zero-order chi connectivity index (χ0) is 15.3. The summed E-state index contributed by atoms with van der Waals surface area (Å²) in [4.78, 5) is 2.22. The molecular formula is C18H34BrF2N. The van der Waals surface area contributed by atoms with Gasteiger partial charge in [0.25, 0.3) is 5.92 Å². The molecule has 0 saturated heterocycles. The van der Waals surface area contributed by atoms with Gasteiger partial charge in [0.15, 0.2) is 0 Å². The van der Waals surface area contributed by atoms with Crippen LogP contribution in [0, 0.1) is 5.92 Å². The highest BCUT2D eigenvalue weighted by Gasteiger charge is 2.81. The van der Waals surface area contributed by atoms with Gasteiger partial charge in [-0.25, -0.2) is 8.78 Å². The van der Waals surface area contributed by atoms with E-state index in [1.54, 1.807) is 0 Å². The molecule has 0 radical (unpaired) electrons. The topological polar surface area (TPSA) is 3.24 Å². The zero-order valence-corrected chi connectivity index (χ0v) is 16.1. The number of alkyl halides is 2. The van der Waals surface area contributed by atoms with Crippen molar-refractivity contribution in [2.75, 3.05) is 13.1 Å². The van der Waals surface area contributed by atoms with Gasteiger partial charge in [-0.05, 0) is 38.8 Å². The van der Waals surface area contributed by atoms with Crippen molar-refractivity contribution < 1.29 is 8.78 Å². The first-order chi connectivity index (χ1) is 10.1. The van der Waals surface area contributed by atoms with Gasteiger partial charge in [-0.15, -0.1) is 17.0 Å². The van der Waals surface area contributed by atoms with Crippen molar-refractivity contribution in [1.82, 2.24) is 4.90 Å². The summed E-state index contributed by atoms with van der Waals surface area (Å²) >= 11 is 0. The molecule has 0 bridgehead atoms. The minimum atomic E-state index is -2.42. The summed E-state index contributed by atoms with van der Waals surface area (Å²) < 4.78 is 29.1. The largest absolute Gasteiger partial charge is 0.292 e. The molecule has 1 nitrogen and oxygen atoms in total. The molecule has 0 aromatic rings. The summed E-state index contributed by atoms with van der Waals surface area (Å²) in [6, 6.07) is 0. The van der Waals surface area contributed by atoms with Crippen molar-refractivity contribution in [2.45, 2.75) is 95.9 Å². The van der Waals surface area contributed by atoms with E-state index in [4.69, 9.17) is 0 Å². The fraction of sp³-hybridized carbons (Fsp3) is 1.00. The Kier molecular flexibility index (Phi) is 8.29. The molecule has 0 aromatic carbocycles. The van der Waals surface area contributed by atoms with Crippen LogP contribution in [0.1, 0.15) is 84.5 Å². The summed E-state index contributed by atoms with van der Waals surface area (Å²) in [7, 11) is 0. The lowest BCUT2D eigenvalue weighted by molar-refractivity contribution is 0.0135. The zero-order valence-electron chi connectivity index (χ0n) is 14.4. The van der Waals surface area contributed by atoms with Gasteiger partial charge in [0.05, 0.1) is 5.54 Å². The van der Waals surface area contributed by atoms with Crippen LogP contribution in [0.2, 0.25) is 0 Å². The van der Waals surface area contributed by atoms with Gasteiger partial charge in [-0.3, -0.25) is 4.90 Å². The number of hydrogen-bond acceptors (Lipinski definition) is 1. The third-order valence-electron chi connectivity index (χ3n) is 5.69. The summed E-state index contributed by atoms with van der Waals surface area (Å²) in [5, 5.41) is 0. The Labute approximate surface area is 146 Å². The lowest BCUT2D eigenvalue weighted by atomic mass is 10.0. The van der Waals surface area contributed by atoms with Crippen LogP contribution >= 0.6 is 17.0 Å². The van der Waals surface area contributed by atoms with E-state index >= 15 is 0 Å². The standard InChI is InChI=1S/C18H33F2N.BrH/c1-3-5-10-14-21(15-11-6-4-2)17-13-9-7-8-12-16(17)18(17,19)20;/h16H,3-15H2,1-2H3;1H. The Morgan fingerprint density at radius 3 is 2.05 bits per heavy atom. The lowest BCUT2D eigenvalue weighted by Gasteiger charge is -2.33. The quantitative estimate of drug-likeness (QED) is 0.428. The van der Waals surface area contributed by atoms with Gasteiger partial charge in [-0.1, -0.05) is 58.8 Å². The van der Waals surface area contributed by atoms with E-state index in [1.165, 1.54) is 0 Å². The monoisotopic (exact) mass is 381 g/mol. The van der Waals surface area contributed by atoms with Gasteiger partial charge in [0, 0.05) is 5.92 Å². The highest BCUT2D eigenvalue weighted by molar-refractivity contribution is 8.93. The van der Waals surface area contributed by atoms with Crippen molar-refractivity contribution in [3.8, 4) is 0 Å².